The molecule has 0 aliphatic rings. The number of hydrogen-bond donors (Lipinski definition) is 1. The number of carbonyl (C=O) groups excluding carboxylic acids is 1. The fourth-order valence-corrected chi connectivity index (χ4v) is 1.99. The molecule has 0 aliphatic carbocycles. The van der Waals surface area contributed by atoms with Crippen LogP contribution in [0.2, 0.25) is 0 Å². The molecule has 0 bridgehead atoms. The summed E-state index contributed by atoms with van der Waals surface area (Å²) in [6, 6.07) is 8.48. The van der Waals surface area contributed by atoms with Gasteiger partial charge in [-0.1, -0.05) is 37.6 Å². The molecule has 106 valence electrons. The highest BCUT2D eigenvalue weighted by atomic mass is 16.2. The van der Waals surface area contributed by atoms with Crippen molar-refractivity contribution in [2.24, 2.45) is 5.73 Å². The maximum Gasteiger partial charge on any atom is 0.224 e. The van der Waals surface area contributed by atoms with Crippen LogP contribution in [0.1, 0.15) is 44.7 Å². The van der Waals surface area contributed by atoms with Gasteiger partial charge in [0.2, 0.25) is 5.91 Å². The van der Waals surface area contributed by atoms with E-state index in [-0.39, 0.29) is 5.91 Å². The molecule has 1 rings (SSSR count). The second-order valence-corrected chi connectivity index (χ2v) is 5.98. The smallest absolute Gasteiger partial charge is 0.224 e. The lowest BCUT2D eigenvalue weighted by atomic mass is 10.0. The van der Waals surface area contributed by atoms with E-state index in [1.807, 2.05) is 20.9 Å². The molecule has 0 heterocycles. The number of rotatable bonds is 6. The first-order valence-corrected chi connectivity index (χ1v) is 6.92. The van der Waals surface area contributed by atoms with Crippen LogP contribution in [0.15, 0.2) is 24.3 Å². The number of carbonyl (C=O) groups is 1. The molecule has 0 spiro atoms. The van der Waals surface area contributed by atoms with Gasteiger partial charge in [-0.15, -0.1) is 0 Å². The Morgan fingerprint density at radius 1 is 1.21 bits per heavy atom. The Morgan fingerprint density at radius 3 is 2.21 bits per heavy atom. The third-order valence-corrected chi connectivity index (χ3v) is 3.01. The zero-order chi connectivity index (χ0) is 14.5. The van der Waals surface area contributed by atoms with Gasteiger partial charge in [0.15, 0.2) is 0 Å². The molecule has 2 N–H and O–H groups in total. The van der Waals surface area contributed by atoms with Crippen molar-refractivity contribution in [2.45, 2.75) is 52.1 Å². The summed E-state index contributed by atoms with van der Waals surface area (Å²) < 4.78 is 0. The van der Waals surface area contributed by atoms with Gasteiger partial charge in [-0.2, -0.15) is 0 Å². The molecule has 3 nitrogen and oxygen atoms in total. The molecule has 0 saturated heterocycles. The first-order chi connectivity index (χ1) is 8.81. The summed E-state index contributed by atoms with van der Waals surface area (Å²) in [5.41, 5.74) is 7.93. The minimum Gasteiger partial charge on any atom is -0.341 e. The standard InChI is InChI=1S/C16H26N2O/c1-5-6-13-7-9-14(10-8-13)12-18(4)15(19)11-16(2,3)17/h7-10H,5-6,11-12,17H2,1-4H3. The Morgan fingerprint density at radius 2 is 1.74 bits per heavy atom. The van der Waals surface area contributed by atoms with Crippen LogP contribution in [0, 0.1) is 0 Å². The Hall–Kier alpha value is -1.35. The maximum absolute atomic E-state index is 12.0. The lowest BCUT2D eigenvalue weighted by Gasteiger charge is -2.23. The molecule has 0 fully saturated rings. The number of nitrogens with zero attached hydrogens (tertiary/aromatic N) is 1. The van der Waals surface area contributed by atoms with Gasteiger partial charge in [0.1, 0.15) is 0 Å². The fourth-order valence-electron chi connectivity index (χ4n) is 1.99. The molecule has 3 heteroatoms. The number of aryl methyl sites for hydroxylation is 1. The molecule has 0 aromatic heterocycles. The van der Waals surface area contributed by atoms with Gasteiger partial charge in [-0.25, -0.2) is 0 Å². The van der Waals surface area contributed by atoms with Crippen molar-refractivity contribution in [3.05, 3.63) is 35.4 Å². The Kier molecular flexibility index (Phi) is 5.55. The van der Waals surface area contributed by atoms with E-state index >= 15 is 0 Å². The molecule has 0 radical (unpaired) electrons. The zero-order valence-corrected chi connectivity index (χ0v) is 12.6. The van der Waals surface area contributed by atoms with Crippen LogP contribution in [0.25, 0.3) is 0 Å². The van der Waals surface area contributed by atoms with E-state index in [0.717, 1.165) is 18.4 Å². The van der Waals surface area contributed by atoms with Crippen LogP contribution in [0.4, 0.5) is 0 Å². The van der Waals surface area contributed by atoms with Crippen molar-refractivity contribution in [3.8, 4) is 0 Å². The average Bonchev–Trinajstić information content (AvgIpc) is 2.29. The van der Waals surface area contributed by atoms with E-state index in [1.54, 1.807) is 4.90 Å². The summed E-state index contributed by atoms with van der Waals surface area (Å²) in [6.07, 6.45) is 2.64. The predicted octanol–water partition coefficient (Wildman–Crippen LogP) is 2.72. The van der Waals surface area contributed by atoms with Crippen LogP contribution in [-0.2, 0) is 17.8 Å². The van der Waals surface area contributed by atoms with E-state index in [4.69, 9.17) is 5.73 Å². The van der Waals surface area contributed by atoms with E-state index in [1.165, 1.54) is 5.56 Å². The van der Waals surface area contributed by atoms with Crippen molar-refractivity contribution in [1.82, 2.24) is 4.90 Å². The SMILES string of the molecule is CCCc1ccc(CN(C)C(=O)CC(C)(C)N)cc1. The third kappa shape index (κ3) is 5.88. The highest BCUT2D eigenvalue weighted by Crippen LogP contribution is 2.11. The predicted molar refractivity (Wildman–Crippen MR) is 79.8 cm³/mol. The first kappa shape index (κ1) is 15.7. The molecule has 1 amide bonds. The van der Waals surface area contributed by atoms with Crippen molar-refractivity contribution >= 4 is 5.91 Å². The highest BCUT2D eigenvalue weighted by molar-refractivity contribution is 5.77. The van der Waals surface area contributed by atoms with Gasteiger partial charge in [0.25, 0.3) is 0 Å². The summed E-state index contributed by atoms with van der Waals surface area (Å²) in [7, 11) is 1.83. The van der Waals surface area contributed by atoms with Gasteiger partial charge >= 0.3 is 0 Å². The molecule has 0 saturated carbocycles. The topological polar surface area (TPSA) is 46.3 Å². The molecular formula is C16H26N2O. The van der Waals surface area contributed by atoms with Crippen LogP contribution < -0.4 is 5.73 Å². The number of benzene rings is 1. The summed E-state index contributed by atoms with van der Waals surface area (Å²) in [6.45, 7) is 6.56. The molecule has 0 unspecified atom stereocenters. The molecular weight excluding hydrogens is 236 g/mol. The van der Waals surface area contributed by atoms with Crippen LogP contribution in [0.5, 0.6) is 0 Å². The van der Waals surface area contributed by atoms with Crippen molar-refractivity contribution < 1.29 is 4.79 Å². The lowest BCUT2D eigenvalue weighted by molar-refractivity contribution is -0.131. The Balaban J connectivity index is 2.56. The molecule has 0 aliphatic heterocycles. The third-order valence-electron chi connectivity index (χ3n) is 3.01. The Bertz CT molecular complexity index is 404. The minimum absolute atomic E-state index is 0.0881. The van der Waals surface area contributed by atoms with E-state index in [0.29, 0.717) is 13.0 Å². The average molecular weight is 262 g/mol. The van der Waals surface area contributed by atoms with Crippen LogP contribution in [0.3, 0.4) is 0 Å². The van der Waals surface area contributed by atoms with Crippen molar-refractivity contribution in [2.75, 3.05) is 7.05 Å². The molecule has 19 heavy (non-hydrogen) atoms. The van der Waals surface area contributed by atoms with E-state index in [9.17, 15) is 4.79 Å². The second kappa shape index (κ2) is 6.71. The summed E-state index contributed by atoms with van der Waals surface area (Å²) in [5.74, 6) is 0.0881. The summed E-state index contributed by atoms with van der Waals surface area (Å²) in [5, 5.41) is 0. The largest absolute Gasteiger partial charge is 0.341 e. The zero-order valence-electron chi connectivity index (χ0n) is 12.6. The lowest BCUT2D eigenvalue weighted by Crippen LogP contribution is -2.39. The van der Waals surface area contributed by atoms with Gasteiger partial charge < -0.3 is 10.6 Å². The maximum atomic E-state index is 12.0. The summed E-state index contributed by atoms with van der Waals surface area (Å²) in [4.78, 5) is 13.7. The van der Waals surface area contributed by atoms with Crippen molar-refractivity contribution in [3.63, 3.8) is 0 Å². The van der Waals surface area contributed by atoms with Gasteiger partial charge in [0.05, 0.1) is 0 Å². The Labute approximate surface area is 116 Å². The number of amides is 1. The highest BCUT2D eigenvalue weighted by Gasteiger charge is 2.19. The second-order valence-electron chi connectivity index (χ2n) is 5.98. The van der Waals surface area contributed by atoms with E-state index in [2.05, 4.69) is 31.2 Å². The van der Waals surface area contributed by atoms with Gasteiger partial charge in [0, 0.05) is 25.6 Å². The normalized spacial score (nSPS) is 11.4. The fraction of sp³-hybridized carbons (Fsp3) is 0.562. The van der Waals surface area contributed by atoms with Crippen LogP contribution in [-0.4, -0.2) is 23.4 Å². The molecule has 1 aromatic rings. The monoisotopic (exact) mass is 262 g/mol. The van der Waals surface area contributed by atoms with Crippen molar-refractivity contribution in [1.29, 1.82) is 0 Å². The van der Waals surface area contributed by atoms with Gasteiger partial charge in [-0.05, 0) is 31.4 Å². The van der Waals surface area contributed by atoms with Crippen LogP contribution >= 0.6 is 0 Å². The quantitative estimate of drug-likeness (QED) is 0.857. The molecule has 0 atom stereocenters. The summed E-state index contributed by atoms with van der Waals surface area (Å²) >= 11 is 0. The number of hydrogen-bond acceptors (Lipinski definition) is 2. The first-order valence-electron chi connectivity index (χ1n) is 6.92. The number of nitrogens with two attached hydrogens (primary N) is 1. The van der Waals surface area contributed by atoms with E-state index < -0.39 is 5.54 Å². The van der Waals surface area contributed by atoms with Gasteiger partial charge in [-0.3, -0.25) is 4.79 Å². The molecule has 1 aromatic carbocycles. The minimum atomic E-state index is -0.448.